The summed E-state index contributed by atoms with van der Waals surface area (Å²) in [7, 11) is 0. The number of benzene rings is 1. The van der Waals surface area contributed by atoms with E-state index < -0.39 is 30.6 Å². The van der Waals surface area contributed by atoms with Crippen LogP contribution in [0.5, 0.6) is 5.75 Å². The Morgan fingerprint density at radius 1 is 0.958 bits per heavy atom. The van der Waals surface area contributed by atoms with E-state index >= 15 is 0 Å². The van der Waals surface area contributed by atoms with E-state index in [2.05, 4.69) is 4.74 Å². The number of carbonyl (C=O) groups excluding carboxylic acids is 1. The maximum atomic E-state index is 12.0. The number of ether oxygens (including phenoxy) is 2. The molecule has 0 aliphatic rings. The van der Waals surface area contributed by atoms with Crippen molar-refractivity contribution in [2.75, 3.05) is 6.61 Å². The lowest BCUT2D eigenvalue weighted by Crippen LogP contribution is -2.35. The van der Waals surface area contributed by atoms with Gasteiger partial charge in [-0.3, -0.25) is 0 Å². The number of carboxylic acids is 2. The number of rotatable bonds is 8. The Hall–Kier alpha value is -2.41. The third kappa shape index (κ3) is 5.06. The van der Waals surface area contributed by atoms with Gasteiger partial charge in [-0.1, -0.05) is 45.9 Å². The molecule has 0 spiro atoms. The van der Waals surface area contributed by atoms with Crippen molar-refractivity contribution in [1.82, 2.24) is 0 Å². The molecule has 24 heavy (non-hydrogen) atoms. The molecule has 1 aromatic carbocycles. The second kappa shape index (κ2) is 8.44. The molecule has 2 N–H and O–H groups in total. The lowest BCUT2D eigenvalue weighted by atomic mass is 9.94. The van der Waals surface area contributed by atoms with Gasteiger partial charge in [0.1, 0.15) is 12.4 Å². The van der Waals surface area contributed by atoms with Gasteiger partial charge in [0.2, 0.25) is 0 Å². The van der Waals surface area contributed by atoms with E-state index in [0.717, 1.165) is 11.1 Å². The Morgan fingerprint density at radius 3 is 1.79 bits per heavy atom. The third-order valence-electron chi connectivity index (χ3n) is 3.35. The lowest BCUT2D eigenvalue weighted by molar-refractivity contribution is -0.168. The van der Waals surface area contributed by atoms with Crippen LogP contribution in [0.3, 0.4) is 0 Å². The Kier molecular flexibility index (Phi) is 6.91. The van der Waals surface area contributed by atoms with Gasteiger partial charge in [0.25, 0.3) is 6.10 Å². The SMILES string of the molecule is CC(C)c1cccc(C(C)C)c1OC(=O)COC(C(=O)O)C(=O)O. The van der Waals surface area contributed by atoms with Gasteiger partial charge in [-0.05, 0) is 23.0 Å². The highest BCUT2D eigenvalue weighted by atomic mass is 16.6. The molecule has 0 heterocycles. The highest BCUT2D eigenvalue weighted by Crippen LogP contribution is 2.34. The quantitative estimate of drug-likeness (QED) is 0.425. The average molecular weight is 338 g/mol. The maximum Gasteiger partial charge on any atom is 0.344 e. The smallest absolute Gasteiger partial charge is 0.344 e. The number of carbonyl (C=O) groups is 3. The summed E-state index contributed by atoms with van der Waals surface area (Å²) in [5.41, 5.74) is 1.67. The number of esters is 1. The van der Waals surface area contributed by atoms with E-state index in [1.807, 2.05) is 45.9 Å². The second-order valence-corrected chi connectivity index (χ2v) is 5.92. The van der Waals surface area contributed by atoms with Gasteiger partial charge in [0, 0.05) is 0 Å². The Labute approximate surface area is 140 Å². The minimum atomic E-state index is -2.11. The molecule has 1 aromatic rings. The van der Waals surface area contributed by atoms with Gasteiger partial charge < -0.3 is 19.7 Å². The predicted molar refractivity (Wildman–Crippen MR) is 85.3 cm³/mol. The first-order valence-corrected chi connectivity index (χ1v) is 7.55. The van der Waals surface area contributed by atoms with Crippen LogP contribution in [0.25, 0.3) is 0 Å². The average Bonchev–Trinajstić information content (AvgIpc) is 2.46. The first kappa shape index (κ1) is 19.6. The van der Waals surface area contributed by atoms with Crippen LogP contribution in [0.15, 0.2) is 18.2 Å². The summed E-state index contributed by atoms with van der Waals surface area (Å²) in [5.74, 6) is -3.58. The molecular formula is C17H22O7. The van der Waals surface area contributed by atoms with Gasteiger partial charge >= 0.3 is 17.9 Å². The third-order valence-corrected chi connectivity index (χ3v) is 3.35. The van der Waals surface area contributed by atoms with Crippen LogP contribution in [-0.2, 0) is 19.1 Å². The van der Waals surface area contributed by atoms with Crippen LogP contribution in [-0.4, -0.2) is 40.8 Å². The summed E-state index contributed by atoms with van der Waals surface area (Å²) in [4.78, 5) is 33.5. The van der Waals surface area contributed by atoms with Gasteiger partial charge in [-0.2, -0.15) is 0 Å². The van der Waals surface area contributed by atoms with Gasteiger partial charge in [0.05, 0.1) is 0 Å². The minimum absolute atomic E-state index is 0.109. The van der Waals surface area contributed by atoms with E-state index in [9.17, 15) is 14.4 Å². The number of carboxylic acid groups (broad SMARTS) is 2. The molecule has 0 saturated heterocycles. The first-order valence-electron chi connectivity index (χ1n) is 7.55. The van der Waals surface area contributed by atoms with Crippen molar-refractivity contribution in [2.24, 2.45) is 0 Å². The van der Waals surface area contributed by atoms with E-state index in [1.165, 1.54) is 0 Å². The van der Waals surface area contributed by atoms with Crippen LogP contribution in [0.4, 0.5) is 0 Å². The summed E-state index contributed by atoms with van der Waals surface area (Å²) in [6.07, 6.45) is -2.11. The highest BCUT2D eigenvalue weighted by Gasteiger charge is 2.28. The van der Waals surface area contributed by atoms with Crippen LogP contribution >= 0.6 is 0 Å². The van der Waals surface area contributed by atoms with Crippen LogP contribution < -0.4 is 4.74 Å². The Bertz CT molecular complexity index is 579. The fraction of sp³-hybridized carbons (Fsp3) is 0.471. The summed E-state index contributed by atoms with van der Waals surface area (Å²) in [6, 6.07) is 5.57. The van der Waals surface area contributed by atoms with Crippen molar-refractivity contribution in [1.29, 1.82) is 0 Å². The molecule has 7 nitrogen and oxygen atoms in total. The van der Waals surface area contributed by atoms with Crippen LogP contribution in [0.2, 0.25) is 0 Å². The number of aliphatic carboxylic acids is 2. The van der Waals surface area contributed by atoms with Gasteiger partial charge in [0.15, 0.2) is 0 Å². The topological polar surface area (TPSA) is 110 Å². The molecular weight excluding hydrogens is 316 g/mol. The first-order chi connectivity index (χ1) is 11.1. The summed E-state index contributed by atoms with van der Waals surface area (Å²) >= 11 is 0. The number of hydrogen-bond donors (Lipinski definition) is 2. The van der Waals surface area contributed by atoms with Crippen LogP contribution in [0.1, 0.15) is 50.7 Å². The van der Waals surface area contributed by atoms with Crippen LogP contribution in [0, 0.1) is 0 Å². The normalized spacial score (nSPS) is 11.1. The summed E-state index contributed by atoms with van der Waals surface area (Å²) in [5, 5.41) is 17.4. The highest BCUT2D eigenvalue weighted by molar-refractivity contribution is 5.96. The maximum absolute atomic E-state index is 12.0. The molecule has 0 aliphatic carbocycles. The predicted octanol–water partition coefficient (Wildman–Crippen LogP) is 2.39. The van der Waals surface area contributed by atoms with Crippen molar-refractivity contribution in [2.45, 2.75) is 45.6 Å². The number of hydrogen-bond acceptors (Lipinski definition) is 5. The fourth-order valence-corrected chi connectivity index (χ4v) is 2.14. The summed E-state index contributed by atoms with van der Waals surface area (Å²) < 4.78 is 9.99. The molecule has 0 radical (unpaired) electrons. The number of para-hydroxylation sites is 1. The molecule has 0 fully saturated rings. The summed E-state index contributed by atoms with van der Waals surface area (Å²) in [6.45, 7) is 7.06. The molecule has 7 heteroatoms. The second-order valence-electron chi connectivity index (χ2n) is 5.92. The Balaban J connectivity index is 2.94. The molecule has 0 amide bonds. The molecule has 0 bridgehead atoms. The Morgan fingerprint density at radius 2 is 1.42 bits per heavy atom. The zero-order valence-corrected chi connectivity index (χ0v) is 14.1. The standard InChI is InChI=1S/C17H22O7/c1-9(2)11-6-5-7-12(10(3)4)14(11)24-13(18)8-23-15(16(19)20)17(21)22/h5-7,9-10,15H,8H2,1-4H3,(H,19,20)(H,21,22). The van der Waals surface area contributed by atoms with Gasteiger partial charge in [-0.25, -0.2) is 14.4 Å². The molecule has 0 aliphatic heterocycles. The van der Waals surface area contributed by atoms with E-state index in [4.69, 9.17) is 14.9 Å². The zero-order valence-electron chi connectivity index (χ0n) is 14.1. The van der Waals surface area contributed by atoms with Crippen molar-refractivity contribution >= 4 is 17.9 Å². The van der Waals surface area contributed by atoms with Crippen molar-refractivity contribution < 1.29 is 34.1 Å². The lowest BCUT2D eigenvalue weighted by Gasteiger charge is -2.19. The zero-order chi connectivity index (χ0) is 18.4. The van der Waals surface area contributed by atoms with E-state index in [1.54, 1.807) is 0 Å². The van der Waals surface area contributed by atoms with E-state index in [-0.39, 0.29) is 11.8 Å². The van der Waals surface area contributed by atoms with Gasteiger partial charge in [-0.15, -0.1) is 0 Å². The van der Waals surface area contributed by atoms with Crippen molar-refractivity contribution in [3.8, 4) is 5.75 Å². The molecule has 0 atom stereocenters. The van der Waals surface area contributed by atoms with Crippen molar-refractivity contribution in [3.05, 3.63) is 29.3 Å². The minimum Gasteiger partial charge on any atom is -0.479 e. The largest absolute Gasteiger partial charge is 0.479 e. The monoisotopic (exact) mass is 338 g/mol. The fourth-order valence-electron chi connectivity index (χ4n) is 2.14. The van der Waals surface area contributed by atoms with E-state index in [0.29, 0.717) is 5.75 Å². The van der Waals surface area contributed by atoms with Crippen molar-refractivity contribution in [3.63, 3.8) is 0 Å². The molecule has 1 rings (SSSR count). The molecule has 0 saturated carbocycles. The molecule has 0 unspecified atom stereocenters. The molecule has 0 aromatic heterocycles. The molecule has 132 valence electrons.